The Bertz CT molecular complexity index is 1570. The number of ether oxygens (including phenoxy) is 1. The molecular weight excluding hydrogens is 564 g/mol. The first kappa shape index (κ1) is 31.7. The number of esters is 1. The van der Waals surface area contributed by atoms with Crippen molar-refractivity contribution in [3.63, 3.8) is 0 Å². The summed E-state index contributed by atoms with van der Waals surface area (Å²) >= 11 is 0. The number of carboxylic acids is 1. The molecule has 0 radical (unpaired) electrons. The fraction of sp³-hybridized carbons (Fsp3) is 0.303. The molecule has 11 heteroatoms. The quantitative estimate of drug-likeness (QED) is 0.152. The van der Waals surface area contributed by atoms with Gasteiger partial charge >= 0.3 is 18.0 Å². The van der Waals surface area contributed by atoms with Crippen molar-refractivity contribution in [1.29, 1.82) is 0 Å². The molecule has 3 unspecified atom stereocenters. The van der Waals surface area contributed by atoms with E-state index in [9.17, 15) is 29.1 Å². The summed E-state index contributed by atoms with van der Waals surface area (Å²) in [7, 11) is 0. The number of aromatic carboxylic acids is 1. The topological polar surface area (TPSA) is 168 Å². The molecule has 1 aliphatic heterocycles. The summed E-state index contributed by atoms with van der Waals surface area (Å²) in [6.45, 7) is 6.85. The standard InChI is InChI=1S/C33H36N4O7/c1-20-19-33(30(42)44-32(2,3)4,29(41)35-23-13-9-6-10-14-23)37(26(20)22-11-7-5-8-12-22)27-24(28(39)40)16-15-21(17-18-38)25(27)36-31(34)43/h5-16,18,20,26H,17,19H2,1-4H3,(H,35,41)(H,39,40)(H3,34,36,43). The van der Waals surface area contributed by atoms with Gasteiger partial charge in [0.2, 0.25) is 5.54 Å². The number of hydrogen-bond donors (Lipinski definition) is 4. The van der Waals surface area contributed by atoms with Crippen LogP contribution in [0.15, 0.2) is 72.8 Å². The van der Waals surface area contributed by atoms with E-state index in [2.05, 4.69) is 10.6 Å². The fourth-order valence-electron chi connectivity index (χ4n) is 5.80. The SMILES string of the molecule is CC1CC(C(=O)Nc2ccccc2)(C(=O)OC(C)(C)C)N(c2c(C(=O)O)ccc(CC=O)c2NC(N)=O)C1c1ccccc1. The smallest absolute Gasteiger partial charge is 0.342 e. The number of anilines is 3. The number of carbonyl (C=O) groups excluding carboxylic acids is 4. The maximum atomic E-state index is 14.6. The van der Waals surface area contributed by atoms with Crippen LogP contribution in [0.2, 0.25) is 0 Å². The van der Waals surface area contributed by atoms with E-state index in [1.54, 1.807) is 63.2 Å². The Hall–Kier alpha value is -5.19. The van der Waals surface area contributed by atoms with E-state index in [0.717, 1.165) is 0 Å². The van der Waals surface area contributed by atoms with Crippen molar-refractivity contribution in [2.45, 2.75) is 57.7 Å². The lowest BCUT2D eigenvalue weighted by molar-refractivity contribution is -0.163. The van der Waals surface area contributed by atoms with Crippen molar-refractivity contribution in [3.8, 4) is 0 Å². The predicted molar refractivity (Wildman–Crippen MR) is 165 cm³/mol. The number of aldehydes is 1. The summed E-state index contributed by atoms with van der Waals surface area (Å²) in [5.74, 6) is -3.49. The van der Waals surface area contributed by atoms with Gasteiger partial charge in [-0.3, -0.25) is 4.79 Å². The summed E-state index contributed by atoms with van der Waals surface area (Å²) in [5, 5.41) is 15.8. The number of amides is 3. The highest BCUT2D eigenvalue weighted by Gasteiger charge is 2.63. The Kier molecular flexibility index (Phi) is 9.08. The molecule has 4 rings (SSSR count). The average Bonchev–Trinajstić information content (AvgIpc) is 3.27. The van der Waals surface area contributed by atoms with E-state index < -0.39 is 47.0 Å². The van der Waals surface area contributed by atoms with Gasteiger partial charge in [-0.2, -0.15) is 0 Å². The van der Waals surface area contributed by atoms with Crippen LogP contribution in [0.1, 0.15) is 61.6 Å². The van der Waals surface area contributed by atoms with Crippen LogP contribution in [0.25, 0.3) is 0 Å². The molecule has 3 amide bonds. The zero-order valence-electron chi connectivity index (χ0n) is 25.0. The lowest BCUT2D eigenvalue weighted by atomic mass is 9.89. The van der Waals surface area contributed by atoms with Crippen molar-refractivity contribution < 1.29 is 33.8 Å². The Morgan fingerprint density at radius 2 is 1.61 bits per heavy atom. The molecule has 0 spiro atoms. The molecule has 1 fully saturated rings. The highest BCUT2D eigenvalue weighted by atomic mass is 16.6. The van der Waals surface area contributed by atoms with Gasteiger partial charge in [-0.1, -0.05) is 61.5 Å². The van der Waals surface area contributed by atoms with Gasteiger partial charge in [-0.05, 0) is 62.4 Å². The number of nitrogens with one attached hydrogen (secondary N) is 2. The Morgan fingerprint density at radius 3 is 2.16 bits per heavy atom. The summed E-state index contributed by atoms with van der Waals surface area (Å²) in [4.78, 5) is 67.4. The number of carboxylic acid groups (broad SMARTS) is 1. The first-order valence-corrected chi connectivity index (χ1v) is 14.1. The van der Waals surface area contributed by atoms with Crippen LogP contribution < -0.4 is 21.3 Å². The molecule has 3 aromatic rings. The molecular formula is C33H36N4O7. The van der Waals surface area contributed by atoms with Gasteiger partial charge in [0, 0.05) is 12.1 Å². The Labute approximate surface area is 255 Å². The summed E-state index contributed by atoms with van der Waals surface area (Å²) in [6, 6.07) is 18.4. The molecule has 1 saturated heterocycles. The van der Waals surface area contributed by atoms with Crippen LogP contribution in [0.3, 0.4) is 0 Å². The summed E-state index contributed by atoms with van der Waals surface area (Å²) < 4.78 is 5.91. The summed E-state index contributed by atoms with van der Waals surface area (Å²) in [6.07, 6.45) is 0.306. The van der Waals surface area contributed by atoms with Crippen molar-refractivity contribution in [1.82, 2.24) is 0 Å². The Balaban J connectivity index is 2.14. The van der Waals surface area contributed by atoms with Gasteiger partial charge in [-0.15, -0.1) is 0 Å². The molecule has 0 aromatic heterocycles. The molecule has 5 N–H and O–H groups in total. The maximum absolute atomic E-state index is 14.6. The van der Waals surface area contributed by atoms with Crippen molar-refractivity contribution in [2.24, 2.45) is 11.7 Å². The summed E-state index contributed by atoms with van der Waals surface area (Å²) in [5.41, 5.74) is 3.15. The third-order valence-corrected chi connectivity index (χ3v) is 7.42. The lowest BCUT2D eigenvalue weighted by Crippen LogP contribution is -2.61. The van der Waals surface area contributed by atoms with Gasteiger partial charge in [0.25, 0.3) is 5.91 Å². The lowest BCUT2D eigenvalue weighted by Gasteiger charge is -2.42. The van der Waals surface area contributed by atoms with Crippen LogP contribution in [0, 0.1) is 5.92 Å². The predicted octanol–water partition coefficient (Wildman–Crippen LogP) is 4.92. The molecule has 1 heterocycles. The van der Waals surface area contributed by atoms with Crippen LogP contribution in [0.5, 0.6) is 0 Å². The number of rotatable bonds is 9. The monoisotopic (exact) mass is 600 g/mol. The van der Waals surface area contributed by atoms with Crippen LogP contribution >= 0.6 is 0 Å². The third-order valence-electron chi connectivity index (χ3n) is 7.42. The fourth-order valence-corrected chi connectivity index (χ4v) is 5.80. The van der Waals surface area contributed by atoms with Crippen LogP contribution in [-0.2, 0) is 25.5 Å². The number of carbonyl (C=O) groups is 5. The number of primary amides is 1. The van der Waals surface area contributed by atoms with Crippen molar-refractivity contribution in [3.05, 3.63) is 89.5 Å². The average molecular weight is 601 g/mol. The van der Waals surface area contributed by atoms with E-state index in [4.69, 9.17) is 10.5 Å². The number of para-hydroxylation sites is 1. The molecule has 0 bridgehead atoms. The molecule has 44 heavy (non-hydrogen) atoms. The minimum absolute atomic E-state index is 0.0763. The highest BCUT2D eigenvalue weighted by Crippen LogP contribution is 2.54. The van der Waals surface area contributed by atoms with Crippen molar-refractivity contribution >= 4 is 47.2 Å². The molecule has 3 aromatic carbocycles. The van der Waals surface area contributed by atoms with Gasteiger partial charge in [0.1, 0.15) is 11.9 Å². The number of nitrogens with two attached hydrogens (primary N) is 1. The van der Waals surface area contributed by atoms with Crippen LogP contribution in [-0.4, -0.2) is 46.4 Å². The van der Waals surface area contributed by atoms with E-state index >= 15 is 0 Å². The molecule has 11 nitrogen and oxygen atoms in total. The zero-order valence-corrected chi connectivity index (χ0v) is 25.0. The van der Waals surface area contributed by atoms with E-state index in [1.165, 1.54) is 17.0 Å². The maximum Gasteiger partial charge on any atom is 0.342 e. The minimum Gasteiger partial charge on any atom is -0.478 e. The van der Waals surface area contributed by atoms with Gasteiger partial charge < -0.3 is 35.9 Å². The molecule has 230 valence electrons. The second kappa shape index (κ2) is 12.6. The van der Waals surface area contributed by atoms with E-state index in [-0.39, 0.29) is 35.3 Å². The van der Waals surface area contributed by atoms with Gasteiger partial charge in [-0.25, -0.2) is 14.4 Å². The number of benzene rings is 3. The normalized spacial score (nSPS) is 19.6. The second-order valence-electron chi connectivity index (χ2n) is 11.8. The number of urea groups is 1. The number of nitrogens with zero attached hydrogens (tertiary/aromatic N) is 1. The first-order chi connectivity index (χ1) is 20.8. The zero-order chi connectivity index (χ0) is 32.2. The molecule has 1 aliphatic rings. The number of hydrogen-bond acceptors (Lipinski definition) is 7. The largest absolute Gasteiger partial charge is 0.478 e. The van der Waals surface area contributed by atoms with E-state index in [1.807, 2.05) is 25.1 Å². The first-order valence-electron chi connectivity index (χ1n) is 14.1. The second-order valence-corrected chi connectivity index (χ2v) is 11.8. The molecule has 0 saturated carbocycles. The van der Waals surface area contributed by atoms with Crippen molar-refractivity contribution in [2.75, 3.05) is 15.5 Å². The van der Waals surface area contributed by atoms with Crippen LogP contribution in [0.4, 0.5) is 21.9 Å². The Morgan fingerprint density at radius 1 is 1.00 bits per heavy atom. The van der Waals surface area contributed by atoms with Gasteiger partial charge in [0.05, 0.1) is 23.0 Å². The molecule has 0 aliphatic carbocycles. The van der Waals surface area contributed by atoms with Gasteiger partial charge in [0.15, 0.2) is 0 Å². The third kappa shape index (κ3) is 6.26. The highest BCUT2D eigenvalue weighted by molar-refractivity contribution is 6.18. The minimum atomic E-state index is -2.14. The molecule has 3 atom stereocenters. The van der Waals surface area contributed by atoms with E-state index in [0.29, 0.717) is 17.5 Å².